The summed E-state index contributed by atoms with van der Waals surface area (Å²) in [7, 11) is 0. The number of amides is 1. The van der Waals surface area contributed by atoms with Crippen molar-refractivity contribution in [2.75, 3.05) is 30.3 Å². The van der Waals surface area contributed by atoms with Crippen LogP contribution in [0.5, 0.6) is 0 Å². The van der Waals surface area contributed by atoms with Crippen molar-refractivity contribution >= 4 is 39.0 Å². The summed E-state index contributed by atoms with van der Waals surface area (Å²) >= 11 is 3.46. The summed E-state index contributed by atoms with van der Waals surface area (Å²) in [4.78, 5) is 28.6. The molecule has 2 heterocycles. The largest absolute Gasteiger partial charge is 0.366 e. The summed E-state index contributed by atoms with van der Waals surface area (Å²) in [5.74, 6) is 0.536. The van der Waals surface area contributed by atoms with Crippen LogP contribution in [0.25, 0.3) is 0 Å². The molecule has 1 aromatic carbocycles. The van der Waals surface area contributed by atoms with Crippen LogP contribution in [0.1, 0.15) is 12.0 Å². The number of carbonyl (C=O) groups excluding carboxylic acids is 1. The highest BCUT2D eigenvalue weighted by molar-refractivity contribution is 9.10. The zero-order valence-corrected chi connectivity index (χ0v) is 16.4. The third kappa shape index (κ3) is 5.24. The number of aromatic nitrogens is 1. The van der Waals surface area contributed by atoms with Gasteiger partial charge in [-0.1, -0.05) is 6.07 Å². The molecule has 1 aliphatic rings. The van der Waals surface area contributed by atoms with Crippen LogP contribution < -0.4 is 10.6 Å². The summed E-state index contributed by atoms with van der Waals surface area (Å²) in [6.07, 6.45) is 2.11. The summed E-state index contributed by atoms with van der Waals surface area (Å²) in [5.41, 5.74) is 1.84. The summed E-state index contributed by atoms with van der Waals surface area (Å²) < 4.78 is 0.862. The second-order valence-corrected chi connectivity index (χ2v) is 7.41. The molecule has 3 rings (SSSR count). The van der Waals surface area contributed by atoms with Crippen LogP contribution in [-0.4, -0.2) is 46.4 Å². The van der Waals surface area contributed by atoms with E-state index in [0.717, 1.165) is 28.7 Å². The minimum atomic E-state index is -0.473. The molecule has 142 valence electrons. The summed E-state index contributed by atoms with van der Waals surface area (Å²) in [6.45, 7) is 3.81. The number of halogens is 1. The maximum absolute atomic E-state index is 12.3. The lowest BCUT2D eigenvalue weighted by molar-refractivity contribution is -0.385. The van der Waals surface area contributed by atoms with Gasteiger partial charge in [-0.3, -0.25) is 19.8 Å². The molecule has 2 aromatic rings. The monoisotopic (exact) mass is 433 g/mol. The Morgan fingerprint density at radius 1 is 1.41 bits per heavy atom. The zero-order valence-electron chi connectivity index (χ0n) is 14.8. The number of nitrogens with one attached hydrogen (secondary N) is 2. The van der Waals surface area contributed by atoms with Gasteiger partial charge < -0.3 is 10.6 Å². The number of hydrogen-bond donors (Lipinski definition) is 2. The lowest BCUT2D eigenvalue weighted by Gasteiger charge is -2.17. The van der Waals surface area contributed by atoms with E-state index in [1.54, 1.807) is 6.07 Å². The fourth-order valence-electron chi connectivity index (χ4n) is 3.00. The van der Waals surface area contributed by atoms with Crippen LogP contribution >= 0.6 is 15.9 Å². The highest BCUT2D eigenvalue weighted by Crippen LogP contribution is 2.23. The van der Waals surface area contributed by atoms with Crippen molar-refractivity contribution < 1.29 is 9.72 Å². The van der Waals surface area contributed by atoms with Crippen molar-refractivity contribution in [3.05, 3.63) is 56.7 Å². The van der Waals surface area contributed by atoms with Gasteiger partial charge >= 0.3 is 0 Å². The van der Waals surface area contributed by atoms with Gasteiger partial charge in [0.1, 0.15) is 12.0 Å². The maximum atomic E-state index is 12.3. The van der Waals surface area contributed by atoms with Crippen LogP contribution in [-0.2, 0) is 4.79 Å². The van der Waals surface area contributed by atoms with Gasteiger partial charge in [0.2, 0.25) is 5.91 Å². The zero-order chi connectivity index (χ0) is 19.4. The Labute approximate surface area is 165 Å². The van der Waals surface area contributed by atoms with Crippen LogP contribution in [0.15, 0.2) is 41.0 Å². The maximum Gasteiger partial charge on any atom is 0.287 e. The van der Waals surface area contributed by atoms with Gasteiger partial charge in [0.25, 0.3) is 5.69 Å². The topological polar surface area (TPSA) is 100 Å². The van der Waals surface area contributed by atoms with Gasteiger partial charge in [0.05, 0.1) is 17.2 Å². The normalized spacial score (nSPS) is 16.9. The molecule has 1 aliphatic heterocycles. The number of anilines is 2. The van der Waals surface area contributed by atoms with E-state index < -0.39 is 4.92 Å². The van der Waals surface area contributed by atoms with E-state index in [9.17, 15) is 14.9 Å². The van der Waals surface area contributed by atoms with E-state index in [1.165, 1.54) is 12.3 Å². The number of nitrogens with zero attached hydrogens (tertiary/aromatic N) is 3. The number of likely N-dealkylation sites (tertiary alicyclic amines) is 1. The molecular weight excluding hydrogens is 414 g/mol. The lowest BCUT2D eigenvalue weighted by atomic mass is 10.2. The Kier molecular flexibility index (Phi) is 6.02. The average Bonchev–Trinajstić information content (AvgIpc) is 3.04. The lowest BCUT2D eigenvalue weighted by Crippen LogP contribution is -2.33. The smallest absolute Gasteiger partial charge is 0.287 e. The van der Waals surface area contributed by atoms with Gasteiger partial charge in [-0.2, -0.15) is 0 Å². The molecule has 8 nitrogen and oxygen atoms in total. The minimum Gasteiger partial charge on any atom is -0.366 e. The second kappa shape index (κ2) is 8.45. The van der Waals surface area contributed by atoms with Crippen molar-refractivity contribution in [3.63, 3.8) is 0 Å². The predicted octanol–water partition coefficient (Wildman–Crippen LogP) is 3.19. The highest BCUT2D eigenvalue weighted by atomic mass is 79.9. The molecule has 0 radical (unpaired) electrons. The van der Waals surface area contributed by atoms with Gasteiger partial charge in [0.15, 0.2) is 0 Å². The van der Waals surface area contributed by atoms with Crippen LogP contribution in [0.4, 0.5) is 17.2 Å². The van der Waals surface area contributed by atoms with E-state index in [0.29, 0.717) is 18.9 Å². The van der Waals surface area contributed by atoms with Gasteiger partial charge in [-0.25, -0.2) is 4.98 Å². The predicted molar refractivity (Wildman–Crippen MR) is 107 cm³/mol. The van der Waals surface area contributed by atoms with E-state index in [1.807, 2.05) is 25.1 Å². The van der Waals surface area contributed by atoms with E-state index >= 15 is 0 Å². The van der Waals surface area contributed by atoms with Crippen molar-refractivity contribution in [2.45, 2.75) is 19.4 Å². The highest BCUT2D eigenvalue weighted by Gasteiger charge is 2.24. The molecule has 1 atom stereocenters. The molecule has 2 N–H and O–H groups in total. The van der Waals surface area contributed by atoms with Crippen LogP contribution in [0.2, 0.25) is 0 Å². The number of hydrogen-bond acceptors (Lipinski definition) is 6. The number of rotatable bonds is 6. The van der Waals surface area contributed by atoms with E-state index in [2.05, 4.69) is 36.4 Å². The number of nitro groups is 1. The summed E-state index contributed by atoms with van der Waals surface area (Å²) in [5, 5.41) is 16.9. The second-order valence-electron chi connectivity index (χ2n) is 6.56. The Balaban J connectivity index is 1.49. The number of pyridine rings is 1. The third-order valence-corrected chi connectivity index (χ3v) is 5.01. The first-order valence-corrected chi connectivity index (χ1v) is 9.35. The standard InChI is InChI=1S/C18H20BrN5O3/c1-12-2-4-16(15(19)8-12)22-18(25)11-23-7-6-13(10-23)21-17-5-3-14(9-20-17)24(26)27/h2-5,8-9,13H,6-7,10-11H2,1H3,(H,20,21)(H,22,25). The molecule has 0 saturated carbocycles. The number of aryl methyl sites for hydroxylation is 1. The molecule has 1 fully saturated rings. The third-order valence-electron chi connectivity index (χ3n) is 4.35. The Bertz CT molecular complexity index is 843. The Hall–Kier alpha value is -2.52. The molecule has 1 unspecified atom stereocenters. The molecule has 0 spiro atoms. The Morgan fingerprint density at radius 2 is 2.22 bits per heavy atom. The van der Waals surface area contributed by atoms with Gasteiger partial charge in [0, 0.05) is 29.7 Å². The van der Waals surface area contributed by atoms with Crippen LogP contribution in [0.3, 0.4) is 0 Å². The quantitative estimate of drug-likeness (QED) is 0.535. The molecule has 1 amide bonds. The molecular formula is C18H20BrN5O3. The molecule has 9 heteroatoms. The summed E-state index contributed by atoms with van der Waals surface area (Å²) in [6, 6.07) is 8.97. The van der Waals surface area contributed by atoms with Crippen molar-refractivity contribution in [1.29, 1.82) is 0 Å². The average molecular weight is 434 g/mol. The molecule has 0 bridgehead atoms. The molecule has 1 saturated heterocycles. The first-order chi connectivity index (χ1) is 12.9. The molecule has 1 aromatic heterocycles. The van der Waals surface area contributed by atoms with Gasteiger partial charge in [-0.05, 0) is 53.0 Å². The Morgan fingerprint density at radius 3 is 2.89 bits per heavy atom. The van der Waals surface area contributed by atoms with E-state index in [4.69, 9.17) is 0 Å². The van der Waals surface area contributed by atoms with E-state index in [-0.39, 0.29) is 17.6 Å². The van der Waals surface area contributed by atoms with Gasteiger partial charge in [-0.15, -0.1) is 0 Å². The number of carbonyl (C=O) groups is 1. The molecule has 0 aliphatic carbocycles. The van der Waals surface area contributed by atoms with Crippen molar-refractivity contribution in [3.8, 4) is 0 Å². The first kappa shape index (κ1) is 19.2. The minimum absolute atomic E-state index is 0.0347. The van der Waals surface area contributed by atoms with Crippen molar-refractivity contribution in [1.82, 2.24) is 9.88 Å². The fraction of sp³-hybridized carbons (Fsp3) is 0.333. The SMILES string of the molecule is Cc1ccc(NC(=O)CN2CCC(Nc3ccc([N+](=O)[O-])cn3)C2)c(Br)c1. The molecule has 27 heavy (non-hydrogen) atoms. The first-order valence-electron chi connectivity index (χ1n) is 8.56. The number of benzene rings is 1. The fourth-order valence-corrected chi connectivity index (χ4v) is 3.59. The van der Waals surface area contributed by atoms with Crippen molar-refractivity contribution in [2.24, 2.45) is 0 Å². The van der Waals surface area contributed by atoms with Crippen LogP contribution in [0, 0.1) is 17.0 Å².